The van der Waals surface area contributed by atoms with Crippen LogP contribution >= 0.6 is 0 Å². The zero-order chi connectivity index (χ0) is 24.2. The first-order valence-electron chi connectivity index (χ1n) is 12.5. The quantitative estimate of drug-likeness (QED) is 0.382. The zero-order valence-electron chi connectivity index (χ0n) is 20.4. The van der Waals surface area contributed by atoms with Gasteiger partial charge in [0.1, 0.15) is 5.69 Å². The van der Waals surface area contributed by atoms with Gasteiger partial charge in [-0.15, -0.1) is 5.10 Å². The molecule has 7 heteroatoms. The second kappa shape index (κ2) is 8.24. The Bertz CT molecular complexity index is 1740. The highest BCUT2D eigenvalue weighted by atomic mass is 15.4. The van der Waals surface area contributed by atoms with Crippen LogP contribution in [0.15, 0.2) is 67.0 Å². The van der Waals surface area contributed by atoms with Gasteiger partial charge in [-0.2, -0.15) is 0 Å². The summed E-state index contributed by atoms with van der Waals surface area (Å²) < 4.78 is 1.76. The van der Waals surface area contributed by atoms with E-state index in [4.69, 9.17) is 4.98 Å². The summed E-state index contributed by atoms with van der Waals surface area (Å²) in [6.07, 6.45) is 5.51. The van der Waals surface area contributed by atoms with E-state index in [9.17, 15) is 0 Å². The van der Waals surface area contributed by atoms with Crippen LogP contribution in [-0.2, 0) is 19.4 Å². The summed E-state index contributed by atoms with van der Waals surface area (Å²) >= 11 is 0. The molecular weight excluding hydrogens is 446 g/mol. The molecule has 0 saturated carbocycles. The number of fused-ring (bicyclic) bond motifs is 5. The first-order chi connectivity index (χ1) is 17.6. The van der Waals surface area contributed by atoms with Gasteiger partial charge in [0.2, 0.25) is 0 Å². The number of hydrogen-bond donors (Lipinski definition) is 1. The summed E-state index contributed by atoms with van der Waals surface area (Å²) in [5.41, 5.74) is 9.86. The molecule has 178 valence electrons. The Morgan fingerprint density at radius 1 is 1.06 bits per heavy atom. The molecule has 5 heterocycles. The second-order valence-electron chi connectivity index (χ2n) is 9.98. The molecule has 0 fully saturated rings. The Kier molecular flexibility index (Phi) is 4.85. The molecule has 7 nitrogen and oxygen atoms in total. The number of H-pyrrole nitrogens is 1. The molecular formula is C29H27N7. The summed E-state index contributed by atoms with van der Waals surface area (Å²) in [5, 5.41) is 11.2. The van der Waals surface area contributed by atoms with Gasteiger partial charge in [-0.05, 0) is 61.4 Å². The number of nitrogens with one attached hydrogen (secondary N) is 1. The zero-order valence-corrected chi connectivity index (χ0v) is 20.4. The second-order valence-corrected chi connectivity index (χ2v) is 9.98. The molecule has 0 radical (unpaired) electrons. The first-order valence-corrected chi connectivity index (χ1v) is 12.5. The third-order valence-corrected chi connectivity index (χ3v) is 7.41. The van der Waals surface area contributed by atoms with Crippen LogP contribution in [0.1, 0.15) is 36.4 Å². The van der Waals surface area contributed by atoms with Crippen LogP contribution in [0.3, 0.4) is 0 Å². The van der Waals surface area contributed by atoms with Crippen LogP contribution < -0.4 is 0 Å². The fourth-order valence-corrected chi connectivity index (χ4v) is 5.37. The SMILES string of the molecule is CC(C)N1CCc2[nH]c3ccc(-c4ccn5nnc(Cc6ccc7ncccc7c6)c5n4)cc3c2C1. The molecule has 0 bridgehead atoms. The molecule has 4 aromatic heterocycles. The summed E-state index contributed by atoms with van der Waals surface area (Å²) in [4.78, 5) is 15.6. The van der Waals surface area contributed by atoms with Gasteiger partial charge in [-0.3, -0.25) is 9.88 Å². The summed E-state index contributed by atoms with van der Waals surface area (Å²) in [6.45, 7) is 6.64. The van der Waals surface area contributed by atoms with Crippen LogP contribution in [0.25, 0.3) is 38.7 Å². The number of benzene rings is 2. The van der Waals surface area contributed by atoms with Crippen molar-refractivity contribution in [2.24, 2.45) is 0 Å². The van der Waals surface area contributed by atoms with Crippen molar-refractivity contribution in [1.29, 1.82) is 0 Å². The Labute approximate surface area is 208 Å². The van der Waals surface area contributed by atoms with Crippen molar-refractivity contribution in [2.45, 2.75) is 39.3 Å². The van der Waals surface area contributed by atoms with Gasteiger partial charge in [0, 0.05) is 71.9 Å². The van der Waals surface area contributed by atoms with E-state index in [0.717, 1.165) is 53.0 Å². The number of rotatable bonds is 4. The maximum absolute atomic E-state index is 5.02. The highest BCUT2D eigenvalue weighted by molar-refractivity contribution is 5.89. The van der Waals surface area contributed by atoms with Crippen LogP contribution in [0.4, 0.5) is 0 Å². The molecule has 7 rings (SSSR count). The van der Waals surface area contributed by atoms with Gasteiger partial charge in [0.05, 0.1) is 11.2 Å². The van der Waals surface area contributed by atoms with E-state index in [1.807, 2.05) is 24.5 Å². The third kappa shape index (κ3) is 3.55. The fourth-order valence-electron chi connectivity index (χ4n) is 5.37. The van der Waals surface area contributed by atoms with Gasteiger partial charge in [0.25, 0.3) is 0 Å². The van der Waals surface area contributed by atoms with E-state index in [1.54, 1.807) is 4.52 Å². The molecule has 0 amide bonds. The van der Waals surface area contributed by atoms with Crippen LogP contribution in [0.2, 0.25) is 0 Å². The lowest BCUT2D eigenvalue weighted by Gasteiger charge is -2.30. The van der Waals surface area contributed by atoms with Crippen molar-refractivity contribution in [3.05, 3.63) is 89.5 Å². The van der Waals surface area contributed by atoms with Crippen molar-refractivity contribution in [3.8, 4) is 11.3 Å². The van der Waals surface area contributed by atoms with E-state index in [-0.39, 0.29) is 0 Å². The van der Waals surface area contributed by atoms with Crippen LogP contribution in [0.5, 0.6) is 0 Å². The van der Waals surface area contributed by atoms with E-state index < -0.39 is 0 Å². The molecule has 1 aliphatic rings. The minimum Gasteiger partial charge on any atom is -0.358 e. The molecule has 0 atom stereocenters. The Morgan fingerprint density at radius 3 is 2.92 bits per heavy atom. The number of hydrogen-bond acceptors (Lipinski definition) is 5. The van der Waals surface area contributed by atoms with Crippen molar-refractivity contribution in [3.63, 3.8) is 0 Å². The Hall–Kier alpha value is -4.10. The Balaban J connectivity index is 1.26. The highest BCUT2D eigenvalue weighted by Gasteiger charge is 2.22. The molecule has 0 aliphatic carbocycles. The van der Waals surface area contributed by atoms with Crippen molar-refractivity contribution < 1.29 is 0 Å². The summed E-state index contributed by atoms with van der Waals surface area (Å²) in [5.74, 6) is 0. The van der Waals surface area contributed by atoms with Crippen molar-refractivity contribution in [1.82, 2.24) is 34.7 Å². The minimum atomic E-state index is 0.544. The lowest BCUT2D eigenvalue weighted by molar-refractivity contribution is 0.203. The Morgan fingerprint density at radius 2 is 2.00 bits per heavy atom. The standard InChI is InChI=1S/C29H27N7/c1-18(2)35-12-9-27-23(17-35)22-16-21(6-8-26(22)31-27)25-10-13-36-29(32-25)28(33-34-36)15-19-5-7-24-20(14-19)4-3-11-30-24/h3-8,10-11,13-14,16,18,31H,9,12,15,17H2,1-2H3. The molecule has 0 unspecified atom stereocenters. The average molecular weight is 474 g/mol. The smallest absolute Gasteiger partial charge is 0.179 e. The van der Waals surface area contributed by atoms with Gasteiger partial charge >= 0.3 is 0 Å². The van der Waals surface area contributed by atoms with Crippen molar-refractivity contribution >= 4 is 27.5 Å². The maximum atomic E-state index is 5.02. The third-order valence-electron chi connectivity index (χ3n) is 7.41. The highest BCUT2D eigenvalue weighted by Crippen LogP contribution is 2.32. The molecule has 1 N–H and O–H groups in total. The van der Waals surface area contributed by atoms with E-state index in [1.165, 1.54) is 27.7 Å². The average Bonchev–Trinajstić information content (AvgIpc) is 3.48. The summed E-state index contributed by atoms with van der Waals surface area (Å²) in [7, 11) is 0. The monoisotopic (exact) mass is 473 g/mol. The van der Waals surface area contributed by atoms with E-state index >= 15 is 0 Å². The topological polar surface area (TPSA) is 75.0 Å². The number of nitrogens with zero attached hydrogens (tertiary/aromatic N) is 6. The van der Waals surface area contributed by atoms with Crippen LogP contribution in [-0.4, -0.2) is 47.3 Å². The summed E-state index contributed by atoms with van der Waals surface area (Å²) in [6, 6.07) is 19.6. The van der Waals surface area contributed by atoms with Gasteiger partial charge in [-0.25, -0.2) is 9.50 Å². The normalized spacial score (nSPS) is 14.3. The maximum Gasteiger partial charge on any atom is 0.179 e. The van der Waals surface area contributed by atoms with Gasteiger partial charge in [-0.1, -0.05) is 23.4 Å². The van der Waals surface area contributed by atoms with E-state index in [0.29, 0.717) is 12.5 Å². The number of pyridine rings is 1. The fraction of sp³-hybridized carbons (Fsp3) is 0.241. The minimum absolute atomic E-state index is 0.544. The lowest BCUT2D eigenvalue weighted by atomic mass is 10.0. The predicted molar refractivity (Wildman–Crippen MR) is 142 cm³/mol. The number of aromatic amines is 1. The predicted octanol–water partition coefficient (Wildman–Crippen LogP) is 5.18. The molecule has 1 aliphatic heterocycles. The van der Waals surface area contributed by atoms with Crippen molar-refractivity contribution in [2.75, 3.05) is 6.54 Å². The lowest BCUT2D eigenvalue weighted by Crippen LogP contribution is -2.35. The molecule has 36 heavy (non-hydrogen) atoms. The molecule has 6 aromatic rings. The van der Waals surface area contributed by atoms with E-state index in [2.05, 4.69) is 81.5 Å². The first kappa shape index (κ1) is 21.2. The molecule has 2 aromatic carbocycles. The molecule has 0 saturated heterocycles. The number of aromatic nitrogens is 6. The largest absolute Gasteiger partial charge is 0.358 e. The molecule has 0 spiro atoms. The van der Waals surface area contributed by atoms with Crippen LogP contribution in [0, 0.1) is 0 Å². The van der Waals surface area contributed by atoms with Gasteiger partial charge < -0.3 is 4.98 Å². The van der Waals surface area contributed by atoms with Gasteiger partial charge in [0.15, 0.2) is 5.65 Å².